The van der Waals surface area contributed by atoms with Crippen molar-refractivity contribution in [1.29, 1.82) is 0 Å². The molecule has 0 saturated carbocycles. The van der Waals surface area contributed by atoms with E-state index in [2.05, 4.69) is 139 Å². The lowest BCUT2D eigenvalue weighted by atomic mass is 9.87. The van der Waals surface area contributed by atoms with E-state index in [1.165, 1.54) is 27.8 Å². The molecular weight excluding hydrogens is 430 g/mol. The van der Waals surface area contributed by atoms with Crippen LogP contribution in [0.4, 0.5) is 11.4 Å². The molecule has 0 spiro atoms. The van der Waals surface area contributed by atoms with Gasteiger partial charge in [-0.25, -0.2) is 0 Å². The smallest absolute Gasteiger partial charge is 0.0543 e. The van der Waals surface area contributed by atoms with Crippen LogP contribution in [0.2, 0.25) is 0 Å². The van der Waals surface area contributed by atoms with Crippen molar-refractivity contribution in [2.75, 3.05) is 5.32 Å². The first-order chi connectivity index (χ1) is 14.4. The van der Waals surface area contributed by atoms with Crippen molar-refractivity contribution in [2.24, 2.45) is 0 Å². The SMILES string of the molecule is CC(C)(C)c1cc(Br)cc(Nc2c(-c3ccccc3)cccc2-c2ccccc2)c1. The van der Waals surface area contributed by atoms with Crippen molar-refractivity contribution < 1.29 is 0 Å². The molecule has 30 heavy (non-hydrogen) atoms. The topological polar surface area (TPSA) is 12.0 Å². The molecule has 0 atom stereocenters. The van der Waals surface area contributed by atoms with E-state index in [1.807, 2.05) is 0 Å². The third kappa shape index (κ3) is 4.49. The van der Waals surface area contributed by atoms with Gasteiger partial charge in [-0.15, -0.1) is 0 Å². The quantitative estimate of drug-likeness (QED) is 0.323. The first-order valence-corrected chi connectivity index (χ1v) is 11.0. The van der Waals surface area contributed by atoms with Gasteiger partial charge in [0, 0.05) is 21.3 Å². The molecule has 2 heteroatoms. The van der Waals surface area contributed by atoms with Gasteiger partial charge < -0.3 is 5.32 Å². The summed E-state index contributed by atoms with van der Waals surface area (Å²) in [6, 6.07) is 34.2. The Morgan fingerprint density at radius 2 is 1.17 bits per heavy atom. The average Bonchev–Trinajstić information content (AvgIpc) is 2.74. The maximum Gasteiger partial charge on any atom is 0.0543 e. The molecular formula is C28H26BrN. The van der Waals surface area contributed by atoms with Crippen LogP contribution in [0.25, 0.3) is 22.3 Å². The predicted molar refractivity (Wildman–Crippen MR) is 133 cm³/mol. The van der Waals surface area contributed by atoms with Crippen molar-refractivity contribution in [1.82, 2.24) is 0 Å². The van der Waals surface area contributed by atoms with E-state index in [0.29, 0.717) is 0 Å². The van der Waals surface area contributed by atoms with E-state index in [9.17, 15) is 0 Å². The zero-order chi connectivity index (χ0) is 21.1. The fourth-order valence-corrected chi connectivity index (χ4v) is 4.14. The fourth-order valence-electron chi connectivity index (χ4n) is 3.64. The average molecular weight is 456 g/mol. The van der Waals surface area contributed by atoms with Gasteiger partial charge in [0.25, 0.3) is 0 Å². The van der Waals surface area contributed by atoms with Gasteiger partial charge in [0.05, 0.1) is 5.69 Å². The molecule has 0 aromatic heterocycles. The molecule has 0 radical (unpaired) electrons. The van der Waals surface area contributed by atoms with E-state index in [1.54, 1.807) is 0 Å². The molecule has 4 aromatic rings. The monoisotopic (exact) mass is 455 g/mol. The Hall–Kier alpha value is -2.84. The van der Waals surface area contributed by atoms with Crippen LogP contribution in [0.1, 0.15) is 26.3 Å². The lowest BCUT2D eigenvalue weighted by Crippen LogP contribution is -2.11. The Morgan fingerprint density at radius 3 is 1.67 bits per heavy atom. The Balaban J connectivity index is 1.89. The summed E-state index contributed by atoms with van der Waals surface area (Å²) >= 11 is 3.71. The second-order valence-corrected chi connectivity index (χ2v) is 9.48. The summed E-state index contributed by atoms with van der Waals surface area (Å²) in [6.45, 7) is 6.73. The van der Waals surface area contributed by atoms with Crippen LogP contribution < -0.4 is 5.32 Å². The summed E-state index contributed by atoms with van der Waals surface area (Å²) in [5, 5.41) is 3.76. The van der Waals surface area contributed by atoms with Gasteiger partial charge in [-0.3, -0.25) is 0 Å². The summed E-state index contributed by atoms with van der Waals surface area (Å²) in [5.41, 5.74) is 8.33. The van der Waals surface area contributed by atoms with Gasteiger partial charge in [0.2, 0.25) is 0 Å². The molecule has 150 valence electrons. The third-order valence-electron chi connectivity index (χ3n) is 5.27. The highest BCUT2D eigenvalue weighted by Crippen LogP contribution is 2.40. The van der Waals surface area contributed by atoms with E-state index >= 15 is 0 Å². The number of nitrogens with one attached hydrogen (secondary N) is 1. The largest absolute Gasteiger partial charge is 0.354 e. The van der Waals surface area contributed by atoms with Crippen LogP contribution in [-0.2, 0) is 5.41 Å². The number of rotatable bonds is 4. The normalized spacial score (nSPS) is 11.3. The molecule has 0 fully saturated rings. The third-order valence-corrected chi connectivity index (χ3v) is 5.73. The van der Waals surface area contributed by atoms with Gasteiger partial charge >= 0.3 is 0 Å². The van der Waals surface area contributed by atoms with Crippen molar-refractivity contribution >= 4 is 27.3 Å². The lowest BCUT2D eigenvalue weighted by molar-refractivity contribution is 0.590. The zero-order valence-corrected chi connectivity index (χ0v) is 19.2. The molecule has 0 saturated heterocycles. The molecule has 0 aliphatic carbocycles. The number of hydrogen-bond donors (Lipinski definition) is 1. The van der Waals surface area contributed by atoms with Crippen LogP contribution in [0.3, 0.4) is 0 Å². The molecule has 0 heterocycles. The second-order valence-electron chi connectivity index (χ2n) is 8.56. The number of hydrogen-bond acceptors (Lipinski definition) is 1. The van der Waals surface area contributed by atoms with Gasteiger partial charge in [0.1, 0.15) is 0 Å². The van der Waals surface area contributed by atoms with Crippen LogP contribution in [-0.4, -0.2) is 0 Å². The fraction of sp³-hybridized carbons (Fsp3) is 0.143. The minimum Gasteiger partial charge on any atom is -0.354 e. The molecule has 4 rings (SSSR count). The van der Waals surface area contributed by atoms with E-state index in [0.717, 1.165) is 15.8 Å². The molecule has 0 aliphatic rings. The summed E-state index contributed by atoms with van der Waals surface area (Å²) in [4.78, 5) is 0. The first kappa shape index (κ1) is 20.4. The standard InChI is InChI=1S/C28H26BrN/c1-28(2,3)22-17-23(29)19-24(18-22)30-27-25(20-11-6-4-7-12-20)15-10-16-26(27)21-13-8-5-9-14-21/h4-19,30H,1-3H3. The Bertz CT molecular complexity index is 1080. The maximum absolute atomic E-state index is 3.76. The van der Waals surface area contributed by atoms with Crippen LogP contribution in [0.15, 0.2) is 102 Å². The summed E-state index contributed by atoms with van der Waals surface area (Å²) in [5.74, 6) is 0. The first-order valence-electron chi connectivity index (χ1n) is 10.2. The van der Waals surface area contributed by atoms with Crippen molar-refractivity contribution in [2.45, 2.75) is 26.2 Å². The van der Waals surface area contributed by atoms with Crippen molar-refractivity contribution in [3.05, 3.63) is 107 Å². The Labute approximate surface area is 187 Å². The number of benzene rings is 4. The van der Waals surface area contributed by atoms with Crippen molar-refractivity contribution in [3.63, 3.8) is 0 Å². The molecule has 0 amide bonds. The molecule has 0 aliphatic heterocycles. The van der Waals surface area contributed by atoms with Gasteiger partial charge in [-0.2, -0.15) is 0 Å². The summed E-state index contributed by atoms with van der Waals surface area (Å²) in [7, 11) is 0. The highest BCUT2D eigenvalue weighted by molar-refractivity contribution is 9.10. The van der Waals surface area contributed by atoms with Crippen LogP contribution >= 0.6 is 15.9 Å². The highest BCUT2D eigenvalue weighted by atomic mass is 79.9. The number of anilines is 2. The Kier molecular flexibility index (Phi) is 5.78. The summed E-state index contributed by atoms with van der Waals surface area (Å²) in [6.07, 6.45) is 0. The zero-order valence-electron chi connectivity index (χ0n) is 17.6. The highest BCUT2D eigenvalue weighted by Gasteiger charge is 2.17. The molecule has 0 bridgehead atoms. The van der Waals surface area contributed by atoms with Crippen LogP contribution in [0, 0.1) is 0 Å². The predicted octanol–water partition coefficient (Wildman–Crippen LogP) is 8.82. The minimum atomic E-state index is 0.0709. The van der Waals surface area contributed by atoms with Gasteiger partial charge in [-0.05, 0) is 40.3 Å². The molecule has 1 nitrogen and oxygen atoms in total. The summed E-state index contributed by atoms with van der Waals surface area (Å²) < 4.78 is 1.08. The van der Waals surface area contributed by atoms with E-state index < -0.39 is 0 Å². The van der Waals surface area contributed by atoms with Crippen LogP contribution in [0.5, 0.6) is 0 Å². The number of para-hydroxylation sites is 1. The van der Waals surface area contributed by atoms with E-state index in [4.69, 9.17) is 0 Å². The molecule has 0 unspecified atom stereocenters. The maximum atomic E-state index is 3.76. The number of halogens is 1. The second kappa shape index (κ2) is 8.49. The molecule has 4 aromatic carbocycles. The van der Waals surface area contributed by atoms with Gasteiger partial charge in [-0.1, -0.05) is 116 Å². The Morgan fingerprint density at radius 1 is 0.633 bits per heavy atom. The molecule has 1 N–H and O–H groups in total. The van der Waals surface area contributed by atoms with Gasteiger partial charge in [0.15, 0.2) is 0 Å². The lowest BCUT2D eigenvalue weighted by Gasteiger charge is -2.22. The van der Waals surface area contributed by atoms with Crippen molar-refractivity contribution in [3.8, 4) is 22.3 Å². The minimum absolute atomic E-state index is 0.0709. The van der Waals surface area contributed by atoms with E-state index in [-0.39, 0.29) is 5.41 Å².